The zero-order valence-electron chi connectivity index (χ0n) is 13.4. The monoisotopic (exact) mass is 356 g/mol. The number of anilines is 3. The number of rotatable bonds is 2. The molecule has 2 amide bonds. The van der Waals surface area contributed by atoms with E-state index in [0.29, 0.717) is 28.5 Å². The van der Waals surface area contributed by atoms with E-state index < -0.39 is 4.92 Å². The maximum absolute atomic E-state index is 12.9. The molecule has 2 aromatic carbocycles. The zero-order valence-corrected chi connectivity index (χ0v) is 14.2. The van der Waals surface area contributed by atoms with Crippen LogP contribution >= 0.6 is 12.2 Å². The minimum Gasteiger partial charge on any atom is -0.348 e. The summed E-state index contributed by atoms with van der Waals surface area (Å²) >= 11 is 5.30. The Kier molecular flexibility index (Phi) is 4.62. The van der Waals surface area contributed by atoms with Gasteiger partial charge in [-0.3, -0.25) is 15.0 Å². The van der Waals surface area contributed by atoms with Gasteiger partial charge < -0.3 is 10.6 Å². The summed E-state index contributed by atoms with van der Waals surface area (Å²) in [5.74, 6) is 0. The molecule has 25 heavy (non-hydrogen) atoms. The molecule has 2 aromatic rings. The molecular weight excluding hydrogens is 340 g/mol. The van der Waals surface area contributed by atoms with Crippen LogP contribution in [0.3, 0.4) is 0 Å². The third-order valence-corrected chi connectivity index (χ3v) is 4.16. The van der Waals surface area contributed by atoms with Crippen LogP contribution in [0.15, 0.2) is 48.5 Å². The molecule has 3 rings (SSSR count). The Labute approximate surface area is 149 Å². The van der Waals surface area contributed by atoms with E-state index in [1.807, 2.05) is 25.1 Å². The van der Waals surface area contributed by atoms with Gasteiger partial charge in [0, 0.05) is 30.3 Å². The Hall–Kier alpha value is -3.00. The van der Waals surface area contributed by atoms with Gasteiger partial charge in [0.05, 0.1) is 21.3 Å². The highest BCUT2D eigenvalue weighted by Gasteiger charge is 2.30. The number of nitro groups is 1. The van der Waals surface area contributed by atoms with E-state index in [1.165, 1.54) is 17.0 Å². The van der Waals surface area contributed by atoms with Crippen molar-refractivity contribution in [2.75, 3.05) is 15.5 Å². The SMILES string of the molecule is CC1CC(=S)Nc2ccc([N+](=O)[O-])cc2N1C(=O)Nc1ccccc1. The molecule has 1 unspecified atom stereocenters. The van der Waals surface area contributed by atoms with E-state index in [1.54, 1.807) is 18.2 Å². The summed E-state index contributed by atoms with van der Waals surface area (Å²) in [5.41, 5.74) is 1.56. The lowest BCUT2D eigenvalue weighted by Gasteiger charge is -2.28. The Morgan fingerprint density at radius 3 is 2.72 bits per heavy atom. The van der Waals surface area contributed by atoms with Crippen molar-refractivity contribution >= 4 is 46.0 Å². The van der Waals surface area contributed by atoms with Crippen LogP contribution in [0.4, 0.5) is 27.5 Å². The number of amides is 2. The highest BCUT2D eigenvalue weighted by atomic mass is 32.1. The molecule has 0 radical (unpaired) electrons. The van der Waals surface area contributed by atoms with Crippen molar-refractivity contribution in [3.63, 3.8) is 0 Å². The Morgan fingerprint density at radius 1 is 1.32 bits per heavy atom. The van der Waals surface area contributed by atoms with Crippen LogP contribution in [0, 0.1) is 10.1 Å². The lowest BCUT2D eigenvalue weighted by Crippen LogP contribution is -2.41. The maximum atomic E-state index is 12.9. The maximum Gasteiger partial charge on any atom is 0.326 e. The summed E-state index contributed by atoms with van der Waals surface area (Å²) in [4.78, 5) is 25.6. The van der Waals surface area contributed by atoms with E-state index in [4.69, 9.17) is 12.2 Å². The summed E-state index contributed by atoms with van der Waals surface area (Å²) in [6, 6.07) is 12.8. The Bertz CT molecular complexity index is 841. The van der Waals surface area contributed by atoms with Crippen molar-refractivity contribution in [2.24, 2.45) is 0 Å². The number of carbonyl (C=O) groups excluding carboxylic acids is 1. The first kappa shape index (κ1) is 16.8. The smallest absolute Gasteiger partial charge is 0.326 e. The number of para-hydroxylation sites is 1. The van der Waals surface area contributed by atoms with Crippen LogP contribution in [0.25, 0.3) is 0 Å². The molecule has 0 aliphatic carbocycles. The Morgan fingerprint density at radius 2 is 2.04 bits per heavy atom. The number of benzene rings is 2. The number of nitrogens with zero attached hydrogens (tertiary/aromatic N) is 2. The second-order valence-corrected chi connectivity index (χ2v) is 6.22. The predicted octanol–water partition coefficient (Wildman–Crippen LogP) is 4.16. The third kappa shape index (κ3) is 3.58. The predicted molar refractivity (Wildman–Crippen MR) is 101 cm³/mol. The molecule has 0 spiro atoms. The minimum absolute atomic E-state index is 0.0851. The number of non-ortho nitro benzene ring substituents is 1. The van der Waals surface area contributed by atoms with E-state index in [0.717, 1.165) is 0 Å². The van der Waals surface area contributed by atoms with Crippen molar-refractivity contribution < 1.29 is 9.72 Å². The largest absolute Gasteiger partial charge is 0.348 e. The van der Waals surface area contributed by atoms with Crippen LogP contribution < -0.4 is 15.5 Å². The zero-order chi connectivity index (χ0) is 18.0. The molecule has 1 heterocycles. The minimum atomic E-state index is -0.485. The van der Waals surface area contributed by atoms with Gasteiger partial charge in [-0.2, -0.15) is 0 Å². The van der Waals surface area contributed by atoms with Crippen molar-refractivity contribution in [1.29, 1.82) is 0 Å². The van der Waals surface area contributed by atoms with Gasteiger partial charge in [-0.05, 0) is 25.1 Å². The number of thiocarbonyl (C=S) groups is 1. The summed E-state index contributed by atoms with van der Waals surface area (Å²) in [5, 5.41) is 17.0. The molecule has 2 N–H and O–H groups in total. The van der Waals surface area contributed by atoms with Crippen LogP contribution in [0.5, 0.6) is 0 Å². The summed E-state index contributed by atoms with van der Waals surface area (Å²) in [6.45, 7) is 1.85. The molecule has 1 atom stereocenters. The first-order valence-electron chi connectivity index (χ1n) is 7.69. The van der Waals surface area contributed by atoms with E-state index in [-0.39, 0.29) is 17.8 Å². The number of nitrogens with one attached hydrogen (secondary N) is 2. The molecule has 0 fully saturated rings. The van der Waals surface area contributed by atoms with Gasteiger partial charge in [0.25, 0.3) is 5.69 Å². The average molecular weight is 356 g/mol. The molecule has 1 aliphatic rings. The molecule has 0 saturated carbocycles. The number of nitro benzene ring substituents is 1. The summed E-state index contributed by atoms with van der Waals surface area (Å²) in [6.07, 6.45) is 0.458. The van der Waals surface area contributed by atoms with Gasteiger partial charge in [-0.1, -0.05) is 30.4 Å². The fraction of sp³-hybridized carbons (Fsp3) is 0.176. The standard InChI is InChI=1S/C17H16N4O3S/c1-11-9-16(25)19-14-8-7-13(21(23)24)10-15(14)20(11)17(22)18-12-5-3-2-4-6-12/h2-8,10-11H,9H2,1H3,(H,18,22)(H,19,25). The van der Waals surface area contributed by atoms with Crippen molar-refractivity contribution in [3.05, 3.63) is 58.6 Å². The normalized spacial score (nSPS) is 16.4. The third-order valence-electron chi connectivity index (χ3n) is 3.89. The summed E-state index contributed by atoms with van der Waals surface area (Å²) in [7, 11) is 0. The van der Waals surface area contributed by atoms with Crippen LogP contribution in [-0.2, 0) is 0 Å². The van der Waals surface area contributed by atoms with Gasteiger partial charge in [0.1, 0.15) is 0 Å². The highest BCUT2D eigenvalue weighted by molar-refractivity contribution is 7.80. The molecule has 128 valence electrons. The van der Waals surface area contributed by atoms with Crippen molar-refractivity contribution in [1.82, 2.24) is 0 Å². The van der Waals surface area contributed by atoms with Gasteiger partial charge >= 0.3 is 6.03 Å². The average Bonchev–Trinajstić information content (AvgIpc) is 2.69. The molecule has 0 bridgehead atoms. The first-order valence-corrected chi connectivity index (χ1v) is 8.10. The quantitative estimate of drug-likeness (QED) is 0.479. The molecule has 0 saturated heterocycles. The van der Waals surface area contributed by atoms with Gasteiger partial charge in [-0.15, -0.1) is 0 Å². The lowest BCUT2D eigenvalue weighted by molar-refractivity contribution is -0.384. The van der Waals surface area contributed by atoms with E-state index >= 15 is 0 Å². The van der Waals surface area contributed by atoms with Crippen molar-refractivity contribution in [2.45, 2.75) is 19.4 Å². The molecule has 0 aromatic heterocycles. The van der Waals surface area contributed by atoms with Gasteiger partial charge in [-0.25, -0.2) is 4.79 Å². The topological polar surface area (TPSA) is 87.5 Å². The summed E-state index contributed by atoms with van der Waals surface area (Å²) < 4.78 is 0. The molecular formula is C17H16N4O3S. The number of hydrogen-bond acceptors (Lipinski definition) is 4. The van der Waals surface area contributed by atoms with Gasteiger partial charge in [0.2, 0.25) is 0 Å². The molecule has 1 aliphatic heterocycles. The first-order chi connectivity index (χ1) is 12.0. The van der Waals surface area contributed by atoms with E-state index in [2.05, 4.69) is 10.6 Å². The second kappa shape index (κ2) is 6.86. The number of carbonyl (C=O) groups is 1. The molecule has 8 heteroatoms. The molecule has 7 nitrogen and oxygen atoms in total. The van der Waals surface area contributed by atoms with E-state index in [9.17, 15) is 14.9 Å². The number of fused-ring (bicyclic) bond motifs is 1. The second-order valence-electron chi connectivity index (χ2n) is 5.73. The lowest BCUT2D eigenvalue weighted by atomic mass is 10.2. The van der Waals surface area contributed by atoms with Crippen LogP contribution in [-0.4, -0.2) is 22.0 Å². The van der Waals surface area contributed by atoms with Gasteiger partial charge in [0.15, 0.2) is 0 Å². The Balaban J connectivity index is 2.02. The van der Waals surface area contributed by atoms with Crippen LogP contribution in [0.2, 0.25) is 0 Å². The fourth-order valence-corrected chi connectivity index (χ4v) is 3.10. The fourth-order valence-electron chi connectivity index (χ4n) is 2.75. The van der Waals surface area contributed by atoms with Crippen LogP contribution in [0.1, 0.15) is 13.3 Å². The number of hydrogen-bond donors (Lipinski definition) is 2. The number of urea groups is 1. The highest BCUT2D eigenvalue weighted by Crippen LogP contribution is 2.35. The van der Waals surface area contributed by atoms with Crippen molar-refractivity contribution in [3.8, 4) is 0 Å².